The fourth-order valence-electron chi connectivity index (χ4n) is 1.16. The summed E-state index contributed by atoms with van der Waals surface area (Å²) in [6.45, 7) is 3.50. The van der Waals surface area contributed by atoms with E-state index in [0.717, 1.165) is 0 Å². The first kappa shape index (κ1) is 5.67. The van der Waals surface area contributed by atoms with Gasteiger partial charge in [0.15, 0.2) is 0 Å². The van der Waals surface area contributed by atoms with Gasteiger partial charge in [0.1, 0.15) is 0 Å². The molecule has 0 unspecified atom stereocenters. The van der Waals surface area contributed by atoms with Gasteiger partial charge < -0.3 is 4.74 Å². The van der Waals surface area contributed by atoms with Crippen molar-refractivity contribution in [2.24, 2.45) is 0 Å². The molecule has 0 atom stereocenters. The molecule has 0 aromatic heterocycles. The van der Waals surface area contributed by atoms with Crippen molar-refractivity contribution in [2.75, 3.05) is 0 Å². The summed E-state index contributed by atoms with van der Waals surface area (Å²) in [7, 11) is 0. The first-order valence-corrected chi connectivity index (χ1v) is 3.20. The van der Waals surface area contributed by atoms with E-state index in [4.69, 9.17) is 4.74 Å². The predicted octanol–water partition coefficient (Wildman–Crippen LogP) is 2.09. The van der Waals surface area contributed by atoms with Crippen LogP contribution in [0.25, 0.3) is 0 Å². The minimum absolute atomic E-state index is 0.493. The Balaban J connectivity index is 2.14. The van der Waals surface area contributed by atoms with E-state index in [1.54, 1.807) is 6.26 Å². The van der Waals surface area contributed by atoms with Gasteiger partial charge in [-0.3, -0.25) is 0 Å². The molecule has 0 N–H and O–H groups in total. The summed E-state index contributed by atoms with van der Waals surface area (Å²) in [5, 5.41) is 0. The highest BCUT2D eigenvalue weighted by Gasteiger charge is 2.13. The number of hydrogen-bond donors (Lipinski definition) is 0. The SMILES string of the molecule is C=COC1CCCC1. The van der Waals surface area contributed by atoms with Crippen LogP contribution in [0.3, 0.4) is 0 Å². The van der Waals surface area contributed by atoms with Crippen LogP contribution in [0.1, 0.15) is 25.7 Å². The van der Waals surface area contributed by atoms with Crippen LogP contribution in [0.15, 0.2) is 12.8 Å². The van der Waals surface area contributed by atoms with Gasteiger partial charge >= 0.3 is 0 Å². The first-order valence-electron chi connectivity index (χ1n) is 3.20. The Labute approximate surface area is 50.3 Å². The lowest BCUT2D eigenvalue weighted by molar-refractivity contribution is 0.152. The van der Waals surface area contributed by atoms with Gasteiger partial charge in [0.25, 0.3) is 0 Å². The van der Waals surface area contributed by atoms with E-state index in [2.05, 4.69) is 6.58 Å². The monoisotopic (exact) mass is 112 g/mol. The lowest BCUT2D eigenvalue weighted by Gasteiger charge is -2.05. The summed E-state index contributed by atoms with van der Waals surface area (Å²) in [5.74, 6) is 0. The third-order valence-electron chi connectivity index (χ3n) is 1.59. The average Bonchev–Trinajstić information content (AvgIpc) is 2.19. The molecule has 1 fully saturated rings. The zero-order chi connectivity index (χ0) is 5.82. The number of rotatable bonds is 2. The smallest absolute Gasteiger partial charge is 0.0978 e. The van der Waals surface area contributed by atoms with Gasteiger partial charge in [0.05, 0.1) is 12.4 Å². The highest BCUT2D eigenvalue weighted by atomic mass is 16.5. The maximum absolute atomic E-state index is 5.17. The normalized spacial score (nSPS) is 21.0. The van der Waals surface area contributed by atoms with E-state index in [-0.39, 0.29) is 0 Å². The zero-order valence-electron chi connectivity index (χ0n) is 5.10. The van der Waals surface area contributed by atoms with E-state index in [1.807, 2.05) is 0 Å². The topological polar surface area (TPSA) is 9.23 Å². The molecule has 0 amide bonds. The molecule has 1 aliphatic rings. The van der Waals surface area contributed by atoms with Gasteiger partial charge in [-0.1, -0.05) is 6.58 Å². The second-order valence-electron chi connectivity index (χ2n) is 2.21. The Hall–Kier alpha value is -0.460. The second kappa shape index (κ2) is 2.75. The zero-order valence-corrected chi connectivity index (χ0v) is 5.10. The molecule has 8 heavy (non-hydrogen) atoms. The standard InChI is InChI=1S/C7H12O/c1-2-8-7-5-3-4-6-7/h2,7H,1,3-6H2. The Bertz CT molecular complexity index is 72.5. The van der Waals surface area contributed by atoms with Gasteiger partial charge in [0, 0.05) is 0 Å². The largest absolute Gasteiger partial charge is 0.499 e. The molecule has 0 aromatic rings. The van der Waals surface area contributed by atoms with Gasteiger partial charge in [0.2, 0.25) is 0 Å². The van der Waals surface area contributed by atoms with E-state index < -0.39 is 0 Å². The summed E-state index contributed by atoms with van der Waals surface area (Å²) in [6, 6.07) is 0. The summed E-state index contributed by atoms with van der Waals surface area (Å²) in [6.07, 6.45) is 7.16. The van der Waals surface area contributed by atoms with Crippen LogP contribution in [0, 0.1) is 0 Å². The van der Waals surface area contributed by atoms with Crippen molar-refractivity contribution in [2.45, 2.75) is 31.8 Å². The van der Waals surface area contributed by atoms with Crippen molar-refractivity contribution in [3.8, 4) is 0 Å². The molecular formula is C7H12O. The molecule has 1 nitrogen and oxygen atoms in total. The minimum Gasteiger partial charge on any atom is -0.499 e. The molecule has 1 saturated carbocycles. The Morgan fingerprint density at radius 3 is 2.50 bits per heavy atom. The molecule has 0 aliphatic heterocycles. The van der Waals surface area contributed by atoms with Gasteiger partial charge in [-0.2, -0.15) is 0 Å². The predicted molar refractivity (Wildman–Crippen MR) is 33.5 cm³/mol. The molecule has 0 aromatic carbocycles. The Morgan fingerprint density at radius 1 is 1.38 bits per heavy atom. The van der Waals surface area contributed by atoms with E-state index in [1.165, 1.54) is 25.7 Å². The van der Waals surface area contributed by atoms with E-state index in [0.29, 0.717) is 6.10 Å². The van der Waals surface area contributed by atoms with Crippen LogP contribution < -0.4 is 0 Å². The van der Waals surface area contributed by atoms with Gasteiger partial charge in [-0.25, -0.2) is 0 Å². The maximum Gasteiger partial charge on any atom is 0.0978 e. The summed E-state index contributed by atoms with van der Waals surface area (Å²) in [5.41, 5.74) is 0. The average molecular weight is 112 g/mol. The summed E-state index contributed by atoms with van der Waals surface area (Å²) < 4.78 is 5.17. The van der Waals surface area contributed by atoms with E-state index in [9.17, 15) is 0 Å². The molecular weight excluding hydrogens is 100 g/mol. The third kappa shape index (κ3) is 1.25. The lowest BCUT2D eigenvalue weighted by Crippen LogP contribution is -2.00. The molecule has 0 bridgehead atoms. The van der Waals surface area contributed by atoms with Gasteiger partial charge in [-0.05, 0) is 25.7 Å². The minimum atomic E-state index is 0.493. The van der Waals surface area contributed by atoms with Crippen LogP contribution in [0.2, 0.25) is 0 Å². The molecule has 1 heteroatoms. The van der Waals surface area contributed by atoms with Crippen molar-refractivity contribution in [1.82, 2.24) is 0 Å². The van der Waals surface area contributed by atoms with Gasteiger partial charge in [-0.15, -0.1) is 0 Å². The summed E-state index contributed by atoms with van der Waals surface area (Å²) in [4.78, 5) is 0. The fraction of sp³-hybridized carbons (Fsp3) is 0.714. The lowest BCUT2D eigenvalue weighted by atomic mass is 10.3. The highest BCUT2D eigenvalue weighted by molar-refractivity contribution is 4.69. The van der Waals surface area contributed by atoms with Crippen molar-refractivity contribution in [3.05, 3.63) is 12.8 Å². The van der Waals surface area contributed by atoms with E-state index >= 15 is 0 Å². The van der Waals surface area contributed by atoms with Crippen LogP contribution in [0.5, 0.6) is 0 Å². The number of ether oxygens (including phenoxy) is 1. The van der Waals surface area contributed by atoms with Crippen LogP contribution >= 0.6 is 0 Å². The molecule has 1 rings (SSSR count). The Kier molecular flexibility index (Phi) is 1.95. The quantitative estimate of drug-likeness (QED) is 0.497. The van der Waals surface area contributed by atoms with Crippen LogP contribution in [-0.4, -0.2) is 6.10 Å². The molecule has 0 saturated heterocycles. The molecule has 1 aliphatic carbocycles. The third-order valence-corrected chi connectivity index (χ3v) is 1.59. The molecule has 0 heterocycles. The Morgan fingerprint density at radius 2 is 2.00 bits per heavy atom. The van der Waals surface area contributed by atoms with Crippen molar-refractivity contribution < 1.29 is 4.74 Å². The maximum atomic E-state index is 5.17. The van der Waals surface area contributed by atoms with Crippen molar-refractivity contribution in [1.29, 1.82) is 0 Å². The van der Waals surface area contributed by atoms with Crippen LogP contribution in [0.4, 0.5) is 0 Å². The molecule has 46 valence electrons. The first-order chi connectivity index (χ1) is 3.93. The molecule has 0 radical (unpaired) electrons. The fourth-order valence-corrected chi connectivity index (χ4v) is 1.16. The second-order valence-corrected chi connectivity index (χ2v) is 2.21. The van der Waals surface area contributed by atoms with Crippen LogP contribution in [-0.2, 0) is 4.74 Å². The number of hydrogen-bond acceptors (Lipinski definition) is 1. The van der Waals surface area contributed by atoms with Crippen molar-refractivity contribution in [3.63, 3.8) is 0 Å². The van der Waals surface area contributed by atoms with Crippen molar-refractivity contribution >= 4 is 0 Å². The summed E-state index contributed by atoms with van der Waals surface area (Å²) >= 11 is 0. The highest BCUT2D eigenvalue weighted by Crippen LogP contribution is 2.20. The molecule has 0 spiro atoms.